The zero-order chi connectivity index (χ0) is 18.0. The zero-order valence-electron chi connectivity index (χ0n) is 12.1. The molecule has 0 heterocycles. The van der Waals surface area contributed by atoms with Gasteiger partial charge in [-0.15, -0.1) is 0 Å². The third kappa shape index (κ3) is 3.97. The molecule has 0 aromatic heterocycles. The average Bonchev–Trinajstić information content (AvgIpc) is 2.53. The van der Waals surface area contributed by atoms with Crippen LogP contribution in [0.2, 0.25) is 0 Å². The molecule has 9 heteroatoms. The van der Waals surface area contributed by atoms with Gasteiger partial charge in [0.2, 0.25) is 10.0 Å². The van der Waals surface area contributed by atoms with E-state index < -0.39 is 33.9 Å². The Hall–Kier alpha value is -1.42. The second-order valence-corrected chi connectivity index (χ2v) is 7.69. The van der Waals surface area contributed by atoms with E-state index in [0.29, 0.717) is 4.47 Å². The maximum absolute atomic E-state index is 13.3. The van der Waals surface area contributed by atoms with Crippen LogP contribution in [-0.4, -0.2) is 26.2 Å². The van der Waals surface area contributed by atoms with Gasteiger partial charge in [-0.1, -0.05) is 46.3 Å². The number of nitrogens with one attached hydrogen (secondary N) is 1. The maximum Gasteiger partial charge on any atom is 0.422 e. The maximum atomic E-state index is 13.3. The zero-order valence-corrected chi connectivity index (χ0v) is 14.5. The summed E-state index contributed by atoms with van der Waals surface area (Å²) in [6, 6.07) is 11.7. The first-order valence-electron chi connectivity index (χ1n) is 6.66. The van der Waals surface area contributed by atoms with Crippen LogP contribution in [0, 0.1) is 0 Å². The van der Waals surface area contributed by atoms with Crippen LogP contribution >= 0.6 is 15.9 Å². The summed E-state index contributed by atoms with van der Waals surface area (Å²) in [4.78, 5) is -0.205. The summed E-state index contributed by atoms with van der Waals surface area (Å²) < 4.78 is 66.7. The van der Waals surface area contributed by atoms with Gasteiger partial charge in [-0.2, -0.15) is 13.2 Å². The number of hydrogen-bond donors (Lipinski definition) is 2. The molecule has 24 heavy (non-hydrogen) atoms. The number of alkyl halides is 3. The van der Waals surface area contributed by atoms with E-state index in [-0.39, 0.29) is 4.90 Å². The van der Waals surface area contributed by atoms with E-state index in [9.17, 15) is 26.7 Å². The molecule has 0 spiro atoms. The lowest BCUT2D eigenvalue weighted by molar-refractivity contribution is -0.263. The van der Waals surface area contributed by atoms with Crippen molar-refractivity contribution in [2.24, 2.45) is 0 Å². The normalized spacial score (nSPS) is 15.0. The number of halogens is 4. The number of benzene rings is 2. The van der Waals surface area contributed by atoms with Gasteiger partial charge in [0, 0.05) is 4.47 Å². The summed E-state index contributed by atoms with van der Waals surface area (Å²) in [6.45, 7) is -1.24. The van der Waals surface area contributed by atoms with Crippen LogP contribution in [0.5, 0.6) is 0 Å². The van der Waals surface area contributed by atoms with Crippen molar-refractivity contribution in [2.75, 3.05) is 6.54 Å². The highest BCUT2D eigenvalue weighted by molar-refractivity contribution is 9.10. The van der Waals surface area contributed by atoms with Crippen LogP contribution in [0.15, 0.2) is 64.0 Å². The van der Waals surface area contributed by atoms with Crippen molar-refractivity contribution >= 4 is 26.0 Å². The molecular weight excluding hydrogens is 411 g/mol. The lowest BCUT2D eigenvalue weighted by atomic mass is 9.93. The Bertz CT molecular complexity index is 795. The first-order chi connectivity index (χ1) is 11.1. The van der Waals surface area contributed by atoms with Crippen LogP contribution in [0.25, 0.3) is 0 Å². The summed E-state index contributed by atoms with van der Waals surface area (Å²) in [6.07, 6.45) is -5.06. The highest BCUT2D eigenvalue weighted by atomic mass is 79.9. The molecule has 2 aromatic carbocycles. The summed E-state index contributed by atoms with van der Waals surface area (Å²) in [7, 11) is -4.21. The van der Waals surface area contributed by atoms with Crippen LogP contribution in [0.4, 0.5) is 13.2 Å². The minimum Gasteiger partial charge on any atom is -0.375 e. The molecule has 0 radical (unpaired) electrons. The SMILES string of the molecule is O=S(=O)(NCC(O)(c1ccccc1)C(F)(F)F)c1ccc(Br)cc1. The van der Waals surface area contributed by atoms with E-state index in [1.807, 2.05) is 4.72 Å². The molecule has 0 aliphatic rings. The fourth-order valence-electron chi connectivity index (χ4n) is 1.98. The largest absolute Gasteiger partial charge is 0.422 e. The Morgan fingerprint density at radius 1 is 1.00 bits per heavy atom. The Kier molecular flexibility index (Phi) is 5.38. The van der Waals surface area contributed by atoms with Gasteiger partial charge < -0.3 is 5.11 Å². The van der Waals surface area contributed by atoms with E-state index in [2.05, 4.69) is 15.9 Å². The highest BCUT2D eigenvalue weighted by Crippen LogP contribution is 2.38. The Morgan fingerprint density at radius 2 is 1.54 bits per heavy atom. The van der Waals surface area contributed by atoms with Gasteiger partial charge in [0.1, 0.15) is 0 Å². The molecule has 0 fully saturated rings. The van der Waals surface area contributed by atoms with Gasteiger partial charge in [0.25, 0.3) is 0 Å². The number of hydrogen-bond acceptors (Lipinski definition) is 3. The van der Waals surface area contributed by atoms with Crippen molar-refractivity contribution in [3.63, 3.8) is 0 Å². The van der Waals surface area contributed by atoms with Gasteiger partial charge in [0.05, 0.1) is 11.4 Å². The van der Waals surface area contributed by atoms with Crippen LogP contribution < -0.4 is 4.72 Å². The Morgan fingerprint density at radius 3 is 2.04 bits per heavy atom. The monoisotopic (exact) mass is 423 g/mol. The molecule has 0 amide bonds. The lowest BCUT2D eigenvalue weighted by Gasteiger charge is -2.31. The smallest absolute Gasteiger partial charge is 0.375 e. The molecule has 0 bridgehead atoms. The topological polar surface area (TPSA) is 66.4 Å². The fraction of sp³-hybridized carbons (Fsp3) is 0.200. The van der Waals surface area contributed by atoms with E-state index in [0.717, 1.165) is 12.1 Å². The second kappa shape index (κ2) is 6.83. The number of rotatable bonds is 5. The minimum absolute atomic E-state index is 0.205. The van der Waals surface area contributed by atoms with E-state index in [1.54, 1.807) is 0 Å². The van der Waals surface area contributed by atoms with Crippen molar-refractivity contribution in [2.45, 2.75) is 16.7 Å². The van der Waals surface area contributed by atoms with Gasteiger partial charge in [0.15, 0.2) is 5.60 Å². The molecule has 1 unspecified atom stereocenters. The van der Waals surface area contributed by atoms with E-state index in [1.165, 1.54) is 42.5 Å². The first kappa shape index (κ1) is 18.9. The second-order valence-electron chi connectivity index (χ2n) is 5.00. The molecule has 0 saturated heterocycles. The summed E-state index contributed by atoms with van der Waals surface area (Å²) in [5.41, 5.74) is -3.78. The molecule has 2 aromatic rings. The quantitative estimate of drug-likeness (QED) is 0.775. The summed E-state index contributed by atoms with van der Waals surface area (Å²) >= 11 is 3.14. The van der Waals surface area contributed by atoms with Crippen molar-refractivity contribution in [3.8, 4) is 0 Å². The standard InChI is InChI=1S/C15H13BrF3NO3S/c16-12-6-8-13(9-7-12)24(22,23)20-10-14(21,15(17,18)19)11-4-2-1-3-5-11/h1-9,20-21H,10H2. The fourth-order valence-corrected chi connectivity index (χ4v) is 3.30. The van der Waals surface area contributed by atoms with Gasteiger partial charge in [-0.25, -0.2) is 13.1 Å². The predicted molar refractivity (Wildman–Crippen MR) is 85.7 cm³/mol. The molecule has 2 rings (SSSR count). The van der Waals surface area contributed by atoms with E-state index >= 15 is 0 Å². The van der Waals surface area contributed by atoms with Gasteiger partial charge in [-0.3, -0.25) is 0 Å². The van der Waals surface area contributed by atoms with Crippen molar-refractivity contribution in [1.82, 2.24) is 4.72 Å². The number of aliphatic hydroxyl groups is 1. The minimum atomic E-state index is -5.06. The van der Waals surface area contributed by atoms with Gasteiger partial charge in [-0.05, 0) is 29.8 Å². The lowest BCUT2D eigenvalue weighted by Crippen LogP contribution is -2.50. The van der Waals surface area contributed by atoms with Gasteiger partial charge >= 0.3 is 6.18 Å². The van der Waals surface area contributed by atoms with Crippen molar-refractivity contribution in [1.29, 1.82) is 0 Å². The summed E-state index contributed by atoms with van der Waals surface area (Å²) in [5, 5.41) is 10.1. The molecule has 130 valence electrons. The summed E-state index contributed by atoms with van der Waals surface area (Å²) in [5.74, 6) is 0. The third-order valence-corrected chi connectivity index (χ3v) is 5.31. The van der Waals surface area contributed by atoms with Crippen molar-refractivity contribution < 1.29 is 26.7 Å². The molecular formula is C15H13BrF3NO3S. The molecule has 0 aliphatic heterocycles. The molecule has 0 aliphatic carbocycles. The van der Waals surface area contributed by atoms with Crippen LogP contribution in [-0.2, 0) is 15.6 Å². The van der Waals surface area contributed by atoms with E-state index in [4.69, 9.17) is 0 Å². The third-order valence-electron chi connectivity index (χ3n) is 3.36. The molecule has 0 saturated carbocycles. The Balaban J connectivity index is 2.30. The first-order valence-corrected chi connectivity index (χ1v) is 8.94. The Labute approximate surface area is 145 Å². The molecule has 2 N–H and O–H groups in total. The molecule has 4 nitrogen and oxygen atoms in total. The van der Waals surface area contributed by atoms with Crippen molar-refractivity contribution in [3.05, 3.63) is 64.6 Å². The van der Waals surface area contributed by atoms with Crippen LogP contribution in [0.1, 0.15) is 5.56 Å². The predicted octanol–water partition coefficient (Wildman–Crippen LogP) is 3.18. The molecule has 1 atom stereocenters. The average molecular weight is 424 g/mol. The number of sulfonamides is 1. The highest BCUT2D eigenvalue weighted by Gasteiger charge is 2.55. The van der Waals surface area contributed by atoms with Crippen LogP contribution in [0.3, 0.4) is 0 Å².